The fourth-order valence-electron chi connectivity index (χ4n) is 3.64. The second-order valence-electron chi connectivity index (χ2n) is 7.29. The van der Waals surface area contributed by atoms with Crippen molar-refractivity contribution >= 4 is 22.5 Å². The van der Waals surface area contributed by atoms with E-state index in [9.17, 15) is 9.18 Å². The van der Waals surface area contributed by atoms with Crippen LogP contribution in [0.2, 0.25) is 0 Å². The third kappa shape index (κ3) is 3.74. The van der Waals surface area contributed by atoms with Crippen LogP contribution in [0, 0.1) is 19.7 Å². The van der Waals surface area contributed by atoms with E-state index in [0.717, 1.165) is 27.5 Å². The third-order valence-electron chi connectivity index (χ3n) is 5.33. The van der Waals surface area contributed by atoms with Crippen molar-refractivity contribution < 1.29 is 9.18 Å². The lowest BCUT2D eigenvalue weighted by Gasteiger charge is -2.14. The zero-order valence-corrected chi connectivity index (χ0v) is 16.8. The predicted octanol–water partition coefficient (Wildman–Crippen LogP) is 3.75. The maximum absolute atomic E-state index is 13.8. The first-order chi connectivity index (χ1) is 14.4. The Labute approximate surface area is 173 Å². The molecule has 4 rings (SSSR count). The molecule has 0 bridgehead atoms. The first kappa shape index (κ1) is 19.6. The van der Waals surface area contributed by atoms with Gasteiger partial charge in [0.1, 0.15) is 11.6 Å². The molecule has 30 heavy (non-hydrogen) atoms. The molecule has 2 aromatic heterocycles. The number of aromatic nitrogens is 3. The highest BCUT2D eigenvalue weighted by atomic mass is 19.1. The normalized spacial score (nSPS) is 11.0. The molecule has 3 N–H and O–H groups in total. The molecule has 1 amide bonds. The zero-order chi connectivity index (χ0) is 21.3. The molecule has 6 nitrogen and oxygen atoms in total. The second-order valence-corrected chi connectivity index (χ2v) is 7.29. The lowest BCUT2D eigenvalue weighted by molar-refractivity contribution is 0.0950. The van der Waals surface area contributed by atoms with Gasteiger partial charge in [-0.05, 0) is 54.1 Å². The number of fused-ring (bicyclic) bond motifs is 1. The van der Waals surface area contributed by atoms with E-state index in [0.29, 0.717) is 23.5 Å². The zero-order valence-electron chi connectivity index (χ0n) is 16.8. The average Bonchev–Trinajstić information content (AvgIpc) is 3.19. The van der Waals surface area contributed by atoms with Crippen LogP contribution in [-0.4, -0.2) is 20.7 Å². The number of anilines is 1. The molecule has 0 radical (unpaired) electrons. The number of benzene rings is 2. The Balaban J connectivity index is 1.49. The van der Waals surface area contributed by atoms with Gasteiger partial charge in [-0.15, -0.1) is 0 Å². The molecular formula is C23H22FN5O. The number of nitrogens with two attached hydrogens (primary N) is 1. The standard InChI is InChI=1S/C23H22FN5O/c1-14-9-19-18(7-8-26-22(19)25)15(2)20(14)11-27-23(30)17-10-28-29(13-17)12-16-5-3-4-6-21(16)24/h3-10,13H,11-12H2,1-2H3,(H2,25,26)(H,27,30). The van der Waals surface area contributed by atoms with Crippen molar-refractivity contribution in [2.45, 2.75) is 26.9 Å². The molecule has 0 spiro atoms. The highest BCUT2D eigenvalue weighted by Gasteiger charge is 2.13. The van der Waals surface area contributed by atoms with Crippen molar-refractivity contribution in [1.82, 2.24) is 20.1 Å². The fourth-order valence-corrected chi connectivity index (χ4v) is 3.64. The van der Waals surface area contributed by atoms with Gasteiger partial charge in [0.15, 0.2) is 0 Å². The Morgan fingerprint density at radius 2 is 2.00 bits per heavy atom. The van der Waals surface area contributed by atoms with Crippen molar-refractivity contribution in [3.05, 3.63) is 88.6 Å². The summed E-state index contributed by atoms with van der Waals surface area (Å²) in [7, 11) is 0. The van der Waals surface area contributed by atoms with Crippen LogP contribution in [0.15, 0.2) is 55.0 Å². The average molecular weight is 403 g/mol. The Hall–Kier alpha value is -3.74. The van der Waals surface area contributed by atoms with Crippen LogP contribution >= 0.6 is 0 Å². The number of hydrogen-bond acceptors (Lipinski definition) is 4. The maximum Gasteiger partial charge on any atom is 0.254 e. The molecule has 0 unspecified atom stereocenters. The summed E-state index contributed by atoms with van der Waals surface area (Å²) in [6, 6.07) is 10.4. The van der Waals surface area contributed by atoms with Crippen LogP contribution in [0.25, 0.3) is 10.8 Å². The largest absolute Gasteiger partial charge is 0.383 e. The number of carbonyl (C=O) groups is 1. The first-order valence-corrected chi connectivity index (χ1v) is 9.61. The van der Waals surface area contributed by atoms with Crippen molar-refractivity contribution in [1.29, 1.82) is 0 Å². The number of pyridine rings is 1. The molecular weight excluding hydrogens is 381 g/mol. The summed E-state index contributed by atoms with van der Waals surface area (Å²) in [6.45, 7) is 4.65. The summed E-state index contributed by atoms with van der Waals surface area (Å²) >= 11 is 0. The summed E-state index contributed by atoms with van der Waals surface area (Å²) in [6.07, 6.45) is 4.79. The van der Waals surface area contributed by atoms with E-state index in [-0.39, 0.29) is 18.3 Å². The number of halogens is 1. The van der Waals surface area contributed by atoms with E-state index in [1.165, 1.54) is 12.3 Å². The number of hydrogen-bond donors (Lipinski definition) is 2. The van der Waals surface area contributed by atoms with Gasteiger partial charge in [0.2, 0.25) is 0 Å². The van der Waals surface area contributed by atoms with Gasteiger partial charge < -0.3 is 11.1 Å². The third-order valence-corrected chi connectivity index (χ3v) is 5.33. The van der Waals surface area contributed by atoms with Crippen molar-refractivity contribution in [2.75, 3.05) is 5.73 Å². The van der Waals surface area contributed by atoms with Crippen molar-refractivity contribution in [3.8, 4) is 0 Å². The minimum atomic E-state index is -0.294. The predicted molar refractivity (Wildman–Crippen MR) is 115 cm³/mol. The summed E-state index contributed by atoms with van der Waals surface area (Å²) < 4.78 is 15.4. The molecule has 0 aliphatic rings. The summed E-state index contributed by atoms with van der Waals surface area (Å²) in [5.41, 5.74) is 10.1. The second kappa shape index (κ2) is 7.94. The number of nitrogens with zero attached hydrogens (tertiary/aromatic N) is 3. The van der Waals surface area contributed by atoms with E-state index >= 15 is 0 Å². The van der Waals surface area contributed by atoms with E-state index in [1.807, 2.05) is 26.0 Å². The number of rotatable bonds is 5. The number of aryl methyl sites for hydroxylation is 2. The van der Waals surface area contributed by atoms with Crippen LogP contribution in [-0.2, 0) is 13.1 Å². The maximum atomic E-state index is 13.8. The SMILES string of the molecule is Cc1cc2c(N)nccc2c(C)c1CNC(=O)c1cnn(Cc2ccccc2F)c1. The molecule has 4 aromatic rings. The van der Waals surface area contributed by atoms with Gasteiger partial charge >= 0.3 is 0 Å². The highest BCUT2D eigenvalue weighted by molar-refractivity contribution is 5.95. The van der Waals surface area contributed by atoms with Crippen LogP contribution in [0.5, 0.6) is 0 Å². The number of nitrogens with one attached hydrogen (secondary N) is 1. The monoisotopic (exact) mass is 403 g/mol. The first-order valence-electron chi connectivity index (χ1n) is 9.61. The Kier molecular flexibility index (Phi) is 5.18. The molecule has 2 aromatic carbocycles. The van der Waals surface area contributed by atoms with E-state index in [2.05, 4.69) is 15.4 Å². The van der Waals surface area contributed by atoms with Gasteiger partial charge in [0.25, 0.3) is 5.91 Å². The number of amides is 1. The van der Waals surface area contributed by atoms with Gasteiger partial charge in [0.05, 0.1) is 18.3 Å². The fraction of sp³-hybridized carbons (Fsp3) is 0.174. The van der Waals surface area contributed by atoms with Crippen LogP contribution in [0.1, 0.15) is 32.6 Å². The number of nitrogen functional groups attached to an aromatic ring is 1. The highest BCUT2D eigenvalue weighted by Crippen LogP contribution is 2.27. The van der Waals surface area contributed by atoms with Gasteiger partial charge in [0, 0.05) is 29.9 Å². The molecule has 7 heteroatoms. The van der Waals surface area contributed by atoms with Crippen molar-refractivity contribution in [2.24, 2.45) is 0 Å². The molecule has 0 aliphatic heterocycles. The lowest BCUT2D eigenvalue weighted by Crippen LogP contribution is -2.23. The van der Waals surface area contributed by atoms with Gasteiger partial charge in [-0.25, -0.2) is 9.37 Å². The quantitative estimate of drug-likeness (QED) is 0.531. The molecule has 0 fully saturated rings. The van der Waals surface area contributed by atoms with E-state index in [4.69, 9.17) is 5.73 Å². The van der Waals surface area contributed by atoms with Gasteiger partial charge in [-0.2, -0.15) is 5.10 Å². The van der Waals surface area contributed by atoms with Gasteiger partial charge in [-0.3, -0.25) is 9.48 Å². The molecule has 0 aliphatic carbocycles. The minimum absolute atomic E-state index is 0.233. The van der Waals surface area contributed by atoms with Gasteiger partial charge in [-0.1, -0.05) is 18.2 Å². The topological polar surface area (TPSA) is 85.8 Å². The smallest absolute Gasteiger partial charge is 0.254 e. The number of carbonyl (C=O) groups excluding carboxylic acids is 1. The van der Waals surface area contributed by atoms with E-state index < -0.39 is 0 Å². The molecule has 0 atom stereocenters. The Bertz CT molecular complexity index is 1250. The summed E-state index contributed by atoms with van der Waals surface area (Å²) in [5.74, 6) is -0.0310. The Morgan fingerprint density at radius 1 is 1.20 bits per heavy atom. The Morgan fingerprint density at radius 3 is 2.80 bits per heavy atom. The van der Waals surface area contributed by atoms with Crippen molar-refractivity contribution in [3.63, 3.8) is 0 Å². The molecule has 152 valence electrons. The van der Waals surface area contributed by atoms with E-state index in [1.54, 1.807) is 35.3 Å². The minimum Gasteiger partial charge on any atom is -0.383 e. The molecule has 0 saturated heterocycles. The van der Waals surface area contributed by atoms with Crippen LogP contribution in [0.3, 0.4) is 0 Å². The summed E-state index contributed by atoms with van der Waals surface area (Å²) in [5, 5.41) is 9.07. The van der Waals surface area contributed by atoms with Crippen LogP contribution in [0.4, 0.5) is 10.2 Å². The van der Waals surface area contributed by atoms with Crippen LogP contribution < -0.4 is 11.1 Å². The molecule has 2 heterocycles. The summed E-state index contributed by atoms with van der Waals surface area (Å²) in [4.78, 5) is 16.8. The lowest BCUT2D eigenvalue weighted by atomic mass is 9.96. The molecule has 0 saturated carbocycles.